The molecular weight excluding hydrogens is 697 g/mol. The number of H-pyrrole nitrogens is 1. The van der Waals surface area contributed by atoms with E-state index in [1.807, 2.05) is 24.4 Å². The number of esters is 4. The van der Waals surface area contributed by atoms with E-state index in [4.69, 9.17) is 18.9 Å². The van der Waals surface area contributed by atoms with Gasteiger partial charge in [0.15, 0.2) is 0 Å². The quantitative estimate of drug-likeness (QED) is 0.125. The summed E-state index contributed by atoms with van der Waals surface area (Å²) >= 11 is 0. The fraction of sp³-hybridized carbons (Fsp3) is 0.733. The van der Waals surface area contributed by atoms with Crippen LogP contribution in [0, 0.1) is 45.3 Å². The Morgan fingerprint density at radius 2 is 1.58 bits per heavy atom. The van der Waals surface area contributed by atoms with E-state index in [1.54, 1.807) is 0 Å². The Labute approximate surface area is 327 Å². The zero-order valence-corrected chi connectivity index (χ0v) is 35.0. The first kappa shape index (κ1) is 41.2. The van der Waals surface area contributed by atoms with Crippen molar-refractivity contribution >= 4 is 34.8 Å². The van der Waals surface area contributed by atoms with Crippen LogP contribution in [0.2, 0.25) is 0 Å². The molecule has 1 heterocycles. The number of fused-ring (bicyclic) bond motifs is 6. The molecule has 5 unspecified atom stereocenters. The van der Waals surface area contributed by atoms with Crippen molar-refractivity contribution in [3.63, 3.8) is 0 Å². The second-order valence-electron chi connectivity index (χ2n) is 19.1. The molecular formula is C45H66N2O8. The molecule has 4 aliphatic rings. The smallest absolute Gasteiger partial charge is 0.323 e. The second-order valence-corrected chi connectivity index (χ2v) is 19.1. The van der Waals surface area contributed by atoms with Crippen LogP contribution in [-0.2, 0) is 44.5 Å². The molecule has 4 fully saturated rings. The lowest BCUT2D eigenvalue weighted by Crippen LogP contribution is -2.67. The molecule has 55 heavy (non-hydrogen) atoms. The molecule has 1 aromatic heterocycles. The molecule has 304 valence electrons. The molecule has 1 aromatic carbocycles. The Morgan fingerprint density at radius 1 is 0.891 bits per heavy atom. The van der Waals surface area contributed by atoms with Crippen LogP contribution in [0.15, 0.2) is 30.5 Å². The summed E-state index contributed by atoms with van der Waals surface area (Å²) in [4.78, 5) is 54.2. The van der Waals surface area contributed by atoms with E-state index in [0.29, 0.717) is 37.6 Å². The van der Waals surface area contributed by atoms with Crippen LogP contribution in [0.5, 0.6) is 0 Å². The molecule has 0 saturated heterocycles. The molecule has 2 N–H and O–H groups in total. The normalized spacial score (nSPS) is 35.3. The van der Waals surface area contributed by atoms with Crippen molar-refractivity contribution < 1.29 is 38.1 Å². The first-order chi connectivity index (χ1) is 25.8. The highest BCUT2D eigenvalue weighted by Gasteiger charge is 2.72. The highest BCUT2D eigenvalue weighted by Crippen LogP contribution is 2.76. The van der Waals surface area contributed by atoms with Crippen LogP contribution in [0.25, 0.3) is 10.9 Å². The molecule has 0 amide bonds. The number of hydrogen-bond acceptors (Lipinski definition) is 9. The van der Waals surface area contributed by atoms with E-state index in [0.717, 1.165) is 61.4 Å². The summed E-state index contributed by atoms with van der Waals surface area (Å²) in [6.45, 7) is 19.1. The van der Waals surface area contributed by atoms with Gasteiger partial charge in [-0.25, -0.2) is 0 Å². The molecule has 0 spiro atoms. The summed E-state index contributed by atoms with van der Waals surface area (Å²) in [6, 6.07) is 7.51. The highest BCUT2D eigenvalue weighted by molar-refractivity contribution is 5.84. The lowest BCUT2D eigenvalue weighted by atomic mass is 9.35. The molecule has 10 heteroatoms. The SMILES string of the molecule is COC(=O)[C@H](Cc1c[nH]c2ccccc12)NCCCC(C)(OC(C)=O)C1CC[C@]2(C)[C@@H]1C(OC(C)=O)CC1[C@@]3(C)CC[C@H](OC(C)=O)C(C)(C)C3CC[C@]12C. The van der Waals surface area contributed by atoms with Gasteiger partial charge in [-0.05, 0) is 111 Å². The monoisotopic (exact) mass is 762 g/mol. The number of aromatic nitrogens is 1. The zero-order chi connectivity index (χ0) is 40.1. The standard InChI is InChI=1S/C45H66N2O8/c1-27(48)53-35-25-37-42(6)20-18-38(54-28(2)49)41(4,5)36(42)17-22-43(37,7)44(8)21-16-32(39(35)44)45(9,55-29(3)50)19-13-23-46-34(40(51)52-10)24-30-26-47-33-15-12-11-14-31(30)33/h11-12,14-15,26,32,34-39,46-47H,13,16-25H2,1-10H3/t32?,34-,35?,36?,37?,38-,39-,42-,43+,44+,45?/m0/s1. The van der Waals surface area contributed by atoms with Gasteiger partial charge in [0.25, 0.3) is 0 Å². The summed E-state index contributed by atoms with van der Waals surface area (Å²) in [7, 11) is 1.41. The van der Waals surface area contributed by atoms with Crippen LogP contribution in [-0.4, -0.2) is 66.4 Å². The summed E-state index contributed by atoms with van der Waals surface area (Å²) < 4.78 is 23.9. The molecule has 2 aromatic rings. The van der Waals surface area contributed by atoms with Crippen LogP contribution in [0.3, 0.4) is 0 Å². The van der Waals surface area contributed by atoms with Gasteiger partial charge in [-0.2, -0.15) is 0 Å². The number of carbonyl (C=O) groups excluding carboxylic acids is 4. The Morgan fingerprint density at radius 3 is 2.25 bits per heavy atom. The molecule has 0 bridgehead atoms. The summed E-state index contributed by atoms with van der Waals surface area (Å²) in [5, 5.41) is 4.54. The number of carbonyl (C=O) groups is 4. The van der Waals surface area contributed by atoms with Gasteiger partial charge in [-0.1, -0.05) is 52.8 Å². The van der Waals surface area contributed by atoms with Gasteiger partial charge in [0, 0.05) is 61.5 Å². The van der Waals surface area contributed by atoms with Gasteiger partial charge < -0.3 is 29.2 Å². The van der Waals surface area contributed by atoms with Crippen molar-refractivity contribution in [2.24, 2.45) is 45.3 Å². The number of nitrogens with one attached hydrogen (secondary N) is 2. The Kier molecular flexibility index (Phi) is 11.4. The molecule has 10 nitrogen and oxygen atoms in total. The number of hydrogen-bond donors (Lipinski definition) is 2. The summed E-state index contributed by atoms with van der Waals surface area (Å²) in [5.74, 6) is -0.492. The highest BCUT2D eigenvalue weighted by atomic mass is 16.6. The van der Waals surface area contributed by atoms with E-state index in [9.17, 15) is 19.2 Å². The van der Waals surface area contributed by atoms with E-state index in [1.165, 1.54) is 27.9 Å². The van der Waals surface area contributed by atoms with E-state index in [2.05, 4.69) is 57.9 Å². The van der Waals surface area contributed by atoms with Gasteiger partial charge in [-0.15, -0.1) is 0 Å². The van der Waals surface area contributed by atoms with Crippen LogP contribution >= 0.6 is 0 Å². The minimum absolute atomic E-state index is 0.00481. The van der Waals surface area contributed by atoms with Crippen molar-refractivity contribution in [1.82, 2.24) is 10.3 Å². The fourth-order valence-electron chi connectivity index (χ4n) is 13.4. The average Bonchev–Trinajstić information content (AvgIpc) is 3.69. The topological polar surface area (TPSA) is 133 Å². The average molecular weight is 763 g/mol. The number of aromatic amines is 1. The Hall–Kier alpha value is -3.40. The minimum atomic E-state index is -0.805. The van der Waals surface area contributed by atoms with Crippen molar-refractivity contribution in [1.29, 1.82) is 0 Å². The Bertz CT molecular complexity index is 1770. The van der Waals surface area contributed by atoms with Crippen molar-refractivity contribution in [3.05, 3.63) is 36.0 Å². The maximum absolute atomic E-state index is 13.0. The van der Waals surface area contributed by atoms with Gasteiger partial charge in [0.05, 0.1) is 7.11 Å². The lowest BCUT2D eigenvalue weighted by Gasteiger charge is -2.70. The maximum atomic E-state index is 13.0. The van der Waals surface area contributed by atoms with Crippen LogP contribution < -0.4 is 5.32 Å². The van der Waals surface area contributed by atoms with Crippen molar-refractivity contribution in [3.8, 4) is 0 Å². The predicted octanol–water partition coefficient (Wildman–Crippen LogP) is 8.10. The number of rotatable bonds is 12. The van der Waals surface area contributed by atoms with Crippen molar-refractivity contribution in [2.75, 3.05) is 13.7 Å². The van der Waals surface area contributed by atoms with Crippen LogP contribution in [0.1, 0.15) is 126 Å². The number of para-hydroxylation sites is 1. The number of benzene rings is 1. The molecule has 6 rings (SSSR count). The molecule has 0 radical (unpaired) electrons. The van der Waals surface area contributed by atoms with E-state index in [-0.39, 0.29) is 69.6 Å². The van der Waals surface area contributed by atoms with Gasteiger partial charge in [0.1, 0.15) is 23.9 Å². The Balaban J connectivity index is 1.24. The largest absolute Gasteiger partial charge is 0.468 e. The summed E-state index contributed by atoms with van der Waals surface area (Å²) in [6.07, 6.45) is 9.72. The first-order valence-electron chi connectivity index (χ1n) is 20.7. The van der Waals surface area contributed by atoms with Gasteiger partial charge in [-0.3, -0.25) is 19.2 Å². The molecule has 4 aliphatic carbocycles. The fourth-order valence-corrected chi connectivity index (χ4v) is 13.4. The second kappa shape index (κ2) is 15.2. The lowest BCUT2D eigenvalue weighted by molar-refractivity contribution is -0.253. The predicted molar refractivity (Wildman–Crippen MR) is 211 cm³/mol. The van der Waals surface area contributed by atoms with E-state index >= 15 is 0 Å². The van der Waals surface area contributed by atoms with Crippen molar-refractivity contribution in [2.45, 2.75) is 150 Å². The summed E-state index contributed by atoms with van der Waals surface area (Å²) in [5.41, 5.74) is 0.851. The van der Waals surface area contributed by atoms with Gasteiger partial charge >= 0.3 is 23.9 Å². The molecule has 11 atom stereocenters. The molecule has 0 aliphatic heterocycles. The number of ether oxygens (including phenoxy) is 4. The van der Waals surface area contributed by atoms with Crippen LogP contribution in [0.4, 0.5) is 0 Å². The maximum Gasteiger partial charge on any atom is 0.323 e. The zero-order valence-electron chi connectivity index (χ0n) is 35.0. The number of methoxy groups -OCH3 is 1. The third kappa shape index (κ3) is 7.23. The van der Waals surface area contributed by atoms with Gasteiger partial charge in [0.2, 0.25) is 0 Å². The third-order valence-corrected chi connectivity index (χ3v) is 15.9. The first-order valence-corrected chi connectivity index (χ1v) is 20.7. The molecule has 4 saturated carbocycles. The van der Waals surface area contributed by atoms with E-state index < -0.39 is 11.6 Å². The third-order valence-electron chi connectivity index (χ3n) is 15.9. The minimum Gasteiger partial charge on any atom is -0.468 e.